The fourth-order valence-electron chi connectivity index (χ4n) is 3.71. The van der Waals surface area contributed by atoms with Gasteiger partial charge in [-0.25, -0.2) is 0 Å². The molecule has 0 radical (unpaired) electrons. The molecule has 5 heteroatoms. The zero-order valence-electron chi connectivity index (χ0n) is 14.0. The minimum Gasteiger partial charge on any atom is -0.378 e. The van der Waals surface area contributed by atoms with E-state index in [0.29, 0.717) is 37.8 Å². The number of pyridine rings is 1. The molecule has 1 spiro atoms. The number of nitrogens with zero attached hydrogens (tertiary/aromatic N) is 2. The fraction of sp³-hybridized carbons (Fsp3) is 0.667. The maximum Gasteiger partial charge on any atom is 0.255 e. The average molecular weight is 318 g/mol. The summed E-state index contributed by atoms with van der Waals surface area (Å²) >= 11 is 0. The number of carbonyl (C=O) groups is 1. The van der Waals surface area contributed by atoms with Crippen LogP contribution in [0.4, 0.5) is 0 Å². The molecule has 2 aliphatic rings. The Bertz CT molecular complexity index is 534. The van der Waals surface area contributed by atoms with Crippen molar-refractivity contribution in [3.63, 3.8) is 0 Å². The van der Waals surface area contributed by atoms with Crippen LogP contribution in [-0.2, 0) is 9.47 Å². The van der Waals surface area contributed by atoms with Gasteiger partial charge >= 0.3 is 0 Å². The topological polar surface area (TPSA) is 51.7 Å². The number of morpholine rings is 1. The highest BCUT2D eigenvalue weighted by Crippen LogP contribution is 2.41. The summed E-state index contributed by atoms with van der Waals surface area (Å²) in [5.74, 6) is 0.422. The summed E-state index contributed by atoms with van der Waals surface area (Å²) in [4.78, 5) is 18.7. The van der Waals surface area contributed by atoms with E-state index in [1.165, 1.54) is 0 Å². The van der Waals surface area contributed by atoms with Gasteiger partial charge in [0.25, 0.3) is 5.91 Å². The second kappa shape index (κ2) is 6.97. The Kier molecular flexibility index (Phi) is 4.97. The molecule has 1 amide bonds. The van der Waals surface area contributed by atoms with Crippen molar-refractivity contribution in [3.05, 3.63) is 30.1 Å². The Balaban J connectivity index is 1.70. The van der Waals surface area contributed by atoms with Crippen molar-refractivity contribution in [1.29, 1.82) is 0 Å². The standard InChI is InChI=1S/C18H26N2O3/c1-14(2)22-12-16-6-3-7-18(16)13-20(9-10-23-18)17(21)15-5-4-8-19-11-15/h4-5,8,11,14,16H,3,6-7,9-10,12-13H2,1-2H3/t16-,18+/m0/s1. The van der Waals surface area contributed by atoms with Crippen LogP contribution in [0.15, 0.2) is 24.5 Å². The predicted octanol–water partition coefficient (Wildman–Crippen LogP) is 2.52. The van der Waals surface area contributed by atoms with Gasteiger partial charge in [-0.05, 0) is 38.8 Å². The molecule has 126 valence electrons. The average Bonchev–Trinajstić information content (AvgIpc) is 2.95. The Labute approximate surface area is 138 Å². The van der Waals surface area contributed by atoms with Crippen molar-refractivity contribution in [2.75, 3.05) is 26.3 Å². The number of hydrogen-bond donors (Lipinski definition) is 0. The molecule has 0 unspecified atom stereocenters. The maximum atomic E-state index is 12.7. The van der Waals surface area contributed by atoms with Crippen LogP contribution in [0.5, 0.6) is 0 Å². The molecule has 2 atom stereocenters. The first kappa shape index (κ1) is 16.4. The van der Waals surface area contributed by atoms with E-state index in [0.717, 1.165) is 19.3 Å². The van der Waals surface area contributed by atoms with E-state index in [9.17, 15) is 4.79 Å². The van der Waals surface area contributed by atoms with E-state index < -0.39 is 0 Å². The van der Waals surface area contributed by atoms with Gasteiger partial charge in [0.1, 0.15) is 0 Å². The molecule has 2 fully saturated rings. The molecule has 1 aliphatic heterocycles. The first-order valence-electron chi connectivity index (χ1n) is 8.55. The van der Waals surface area contributed by atoms with Crippen LogP contribution in [0.2, 0.25) is 0 Å². The third-order valence-corrected chi connectivity index (χ3v) is 4.93. The highest BCUT2D eigenvalue weighted by Gasteiger charge is 2.48. The SMILES string of the molecule is CC(C)OC[C@@H]1CCC[C@@]12CN(C(=O)c1cccnc1)CCO2. The number of carbonyl (C=O) groups excluding carboxylic acids is 1. The van der Waals surface area contributed by atoms with E-state index in [2.05, 4.69) is 18.8 Å². The third-order valence-electron chi connectivity index (χ3n) is 4.93. The number of ether oxygens (including phenoxy) is 2. The lowest BCUT2D eigenvalue weighted by molar-refractivity contribution is -0.136. The molecule has 5 nitrogen and oxygen atoms in total. The fourth-order valence-corrected chi connectivity index (χ4v) is 3.71. The van der Waals surface area contributed by atoms with Gasteiger partial charge < -0.3 is 14.4 Å². The molecule has 1 aliphatic carbocycles. The Morgan fingerprint density at radius 3 is 3.17 bits per heavy atom. The summed E-state index contributed by atoms with van der Waals surface area (Å²) in [6.45, 7) is 6.74. The molecule has 1 saturated heterocycles. The largest absolute Gasteiger partial charge is 0.378 e. The molecule has 3 rings (SSSR count). The Morgan fingerprint density at radius 2 is 2.43 bits per heavy atom. The van der Waals surface area contributed by atoms with E-state index in [-0.39, 0.29) is 17.6 Å². The van der Waals surface area contributed by atoms with Gasteiger partial charge in [-0.3, -0.25) is 9.78 Å². The normalized spacial score (nSPS) is 27.8. The lowest BCUT2D eigenvalue weighted by atomic mass is 9.89. The molecule has 1 aromatic rings. The van der Waals surface area contributed by atoms with Crippen LogP contribution in [-0.4, -0.2) is 53.8 Å². The zero-order valence-corrected chi connectivity index (χ0v) is 14.0. The summed E-state index contributed by atoms with van der Waals surface area (Å²) in [5, 5.41) is 0. The van der Waals surface area contributed by atoms with Gasteiger partial charge in [-0.2, -0.15) is 0 Å². The lowest BCUT2D eigenvalue weighted by Crippen LogP contribution is -2.56. The summed E-state index contributed by atoms with van der Waals surface area (Å²) in [6, 6.07) is 3.63. The van der Waals surface area contributed by atoms with Crippen molar-refractivity contribution in [2.24, 2.45) is 5.92 Å². The van der Waals surface area contributed by atoms with Crippen LogP contribution in [0.1, 0.15) is 43.5 Å². The Morgan fingerprint density at radius 1 is 1.57 bits per heavy atom. The molecule has 23 heavy (non-hydrogen) atoms. The van der Waals surface area contributed by atoms with Crippen LogP contribution < -0.4 is 0 Å². The summed E-state index contributed by atoms with van der Waals surface area (Å²) in [5.41, 5.74) is 0.419. The molecular weight excluding hydrogens is 292 g/mol. The quantitative estimate of drug-likeness (QED) is 0.856. The van der Waals surface area contributed by atoms with Crippen molar-refractivity contribution < 1.29 is 14.3 Å². The molecule has 0 N–H and O–H groups in total. The summed E-state index contributed by atoms with van der Waals surface area (Å²) in [6.07, 6.45) is 6.81. The summed E-state index contributed by atoms with van der Waals surface area (Å²) < 4.78 is 12.0. The number of rotatable bonds is 4. The molecule has 1 saturated carbocycles. The van der Waals surface area contributed by atoms with Crippen LogP contribution in [0, 0.1) is 5.92 Å². The van der Waals surface area contributed by atoms with Crippen LogP contribution >= 0.6 is 0 Å². The zero-order chi connectivity index (χ0) is 16.3. The molecule has 0 bridgehead atoms. The first-order chi connectivity index (χ1) is 11.1. The van der Waals surface area contributed by atoms with E-state index in [1.807, 2.05) is 11.0 Å². The predicted molar refractivity (Wildman–Crippen MR) is 87.3 cm³/mol. The summed E-state index contributed by atoms with van der Waals surface area (Å²) in [7, 11) is 0. The van der Waals surface area contributed by atoms with Gasteiger partial charge in [0.15, 0.2) is 0 Å². The van der Waals surface area contributed by atoms with Gasteiger partial charge in [-0.15, -0.1) is 0 Å². The van der Waals surface area contributed by atoms with Gasteiger partial charge in [0.05, 0.1) is 37.0 Å². The lowest BCUT2D eigenvalue weighted by Gasteiger charge is -2.44. The van der Waals surface area contributed by atoms with E-state index >= 15 is 0 Å². The van der Waals surface area contributed by atoms with Gasteiger partial charge in [-0.1, -0.05) is 6.42 Å². The van der Waals surface area contributed by atoms with Gasteiger partial charge in [0.2, 0.25) is 0 Å². The van der Waals surface area contributed by atoms with E-state index in [1.54, 1.807) is 18.5 Å². The highest BCUT2D eigenvalue weighted by atomic mass is 16.5. The highest BCUT2D eigenvalue weighted by molar-refractivity contribution is 5.94. The van der Waals surface area contributed by atoms with Crippen LogP contribution in [0.3, 0.4) is 0 Å². The first-order valence-corrected chi connectivity index (χ1v) is 8.55. The second-order valence-electron chi connectivity index (χ2n) is 6.85. The number of amides is 1. The monoisotopic (exact) mass is 318 g/mol. The number of aromatic nitrogens is 1. The van der Waals surface area contributed by atoms with Crippen molar-refractivity contribution in [1.82, 2.24) is 9.88 Å². The smallest absolute Gasteiger partial charge is 0.255 e. The number of hydrogen-bond acceptors (Lipinski definition) is 4. The van der Waals surface area contributed by atoms with Crippen molar-refractivity contribution in [3.8, 4) is 0 Å². The molecule has 2 heterocycles. The Hall–Kier alpha value is -1.46. The van der Waals surface area contributed by atoms with Gasteiger partial charge in [0, 0.05) is 24.9 Å². The molecule has 0 aromatic carbocycles. The van der Waals surface area contributed by atoms with Crippen LogP contribution in [0.25, 0.3) is 0 Å². The molecular formula is C18H26N2O3. The third kappa shape index (κ3) is 3.56. The minimum absolute atomic E-state index is 0.0520. The second-order valence-corrected chi connectivity index (χ2v) is 6.85. The maximum absolute atomic E-state index is 12.7. The minimum atomic E-state index is -0.231. The molecule has 1 aromatic heterocycles. The van der Waals surface area contributed by atoms with E-state index in [4.69, 9.17) is 9.47 Å². The van der Waals surface area contributed by atoms with Crippen molar-refractivity contribution >= 4 is 5.91 Å². The van der Waals surface area contributed by atoms with Crippen molar-refractivity contribution in [2.45, 2.75) is 44.8 Å².